The molecule has 0 radical (unpaired) electrons. The summed E-state index contributed by atoms with van der Waals surface area (Å²) < 4.78 is 34.6. The molecule has 3 heterocycles. The van der Waals surface area contributed by atoms with Gasteiger partial charge in [0.2, 0.25) is 5.95 Å². The molecule has 1 atom stereocenters. The van der Waals surface area contributed by atoms with E-state index in [4.69, 9.17) is 16.3 Å². The van der Waals surface area contributed by atoms with Gasteiger partial charge in [0.1, 0.15) is 27.4 Å². The lowest BCUT2D eigenvalue weighted by molar-refractivity contribution is -0.156. The maximum absolute atomic E-state index is 15.4. The molecule has 2 fully saturated rings. The van der Waals surface area contributed by atoms with Crippen LogP contribution in [-0.2, 0) is 20.5 Å². The number of carbonyl (C=O) groups is 1. The van der Waals surface area contributed by atoms with E-state index in [0.29, 0.717) is 40.4 Å². The molecule has 2 aliphatic rings. The molecule has 260 valence electrons. The fraction of sp³-hybridized carbons (Fsp3) is 0.500. The molecule has 48 heavy (non-hydrogen) atoms. The van der Waals surface area contributed by atoms with Crippen molar-refractivity contribution in [2.24, 2.45) is 5.92 Å². The van der Waals surface area contributed by atoms with Crippen LogP contribution in [0.3, 0.4) is 0 Å². The Morgan fingerprint density at radius 1 is 1.06 bits per heavy atom. The summed E-state index contributed by atoms with van der Waals surface area (Å²) in [5.74, 6) is 0.698. The van der Waals surface area contributed by atoms with Crippen LogP contribution in [0.5, 0.6) is 0 Å². The Morgan fingerprint density at radius 2 is 1.75 bits per heavy atom. The smallest absolute Gasteiger partial charge is 0.320 e. The van der Waals surface area contributed by atoms with Crippen LogP contribution in [0.2, 0.25) is 5.02 Å². The van der Waals surface area contributed by atoms with E-state index >= 15 is 4.39 Å². The minimum Gasteiger partial charge on any atom is -0.459 e. The molecular formula is C34H46ClFN8O3S. The van der Waals surface area contributed by atoms with Gasteiger partial charge in [-0.05, 0) is 69.9 Å². The lowest BCUT2D eigenvalue weighted by Crippen LogP contribution is -2.50. The van der Waals surface area contributed by atoms with Gasteiger partial charge >= 0.3 is 5.97 Å². The zero-order valence-corrected chi connectivity index (χ0v) is 29.9. The van der Waals surface area contributed by atoms with Gasteiger partial charge in [-0.3, -0.25) is 14.0 Å². The van der Waals surface area contributed by atoms with Crippen LogP contribution in [-0.4, -0.2) is 101 Å². The molecule has 2 saturated heterocycles. The number of benzene rings is 2. The highest BCUT2D eigenvalue weighted by Gasteiger charge is 2.27. The third-order valence-electron chi connectivity index (χ3n) is 8.54. The van der Waals surface area contributed by atoms with Crippen molar-refractivity contribution >= 4 is 63.1 Å². The van der Waals surface area contributed by atoms with E-state index < -0.39 is 16.6 Å². The number of halogens is 2. The summed E-state index contributed by atoms with van der Waals surface area (Å²) in [7, 11) is 0.522. The first-order chi connectivity index (χ1) is 22.8. The number of aromatic nitrogens is 2. The third-order valence-corrected chi connectivity index (χ3v) is 9.78. The van der Waals surface area contributed by atoms with Crippen molar-refractivity contribution in [2.45, 2.75) is 39.2 Å². The lowest BCUT2D eigenvalue weighted by atomic mass is 9.95. The van der Waals surface area contributed by atoms with Gasteiger partial charge in [0.15, 0.2) is 5.82 Å². The van der Waals surface area contributed by atoms with Crippen molar-refractivity contribution in [1.82, 2.24) is 19.8 Å². The van der Waals surface area contributed by atoms with Crippen molar-refractivity contribution in [3.63, 3.8) is 0 Å². The van der Waals surface area contributed by atoms with Crippen molar-refractivity contribution in [2.75, 3.05) is 85.5 Å². The fourth-order valence-corrected chi connectivity index (χ4v) is 6.59. The van der Waals surface area contributed by atoms with E-state index in [2.05, 4.69) is 35.3 Å². The summed E-state index contributed by atoms with van der Waals surface area (Å²) >= 11 is 6.41. The number of piperazine rings is 1. The molecule has 2 N–H and O–H groups in total. The molecule has 0 bridgehead atoms. The van der Waals surface area contributed by atoms with E-state index in [9.17, 15) is 9.00 Å². The largest absolute Gasteiger partial charge is 0.459 e. The molecule has 2 aliphatic heterocycles. The number of piperidine rings is 1. The minimum absolute atomic E-state index is 0.168. The second-order valence-electron chi connectivity index (χ2n) is 13.3. The zero-order valence-electron chi connectivity index (χ0n) is 28.3. The predicted molar refractivity (Wildman–Crippen MR) is 193 cm³/mol. The summed E-state index contributed by atoms with van der Waals surface area (Å²) in [6.45, 7) is 12.2. The van der Waals surface area contributed by atoms with Gasteiger partial charge in [0, 0.05) is 64.8 Å². The molecule has 0 aliphatic carbocycles. The number of nitrogens with one attached hydrogen (secondary N) is 2. The number of ether oxygens (including phenoxy) is 1. The Bertz CT molecular complexity index is 1590. The van der Waals surface area contributed by atoms with Gasteiger partial charge < -0.3 is 25.2 Å². The summed E-state index contributed by atoms with van der Waals surface area (Å²) in [5, 5.41) is 6.60. The topological polar surface area (TPSA) is 106 Å². The van der Waals surface area contributed by atoms with Gasteiger partial charge in [-0.2, -0.15) is 4.98 Å². The van der Waals surface area contributed by atoms with Crippen LogP contribution in [0.4, 0.5) is 38.9 Å². The number of para-hydroxylation sites is 2. The van der Waals surface area contributed by atoms with Gasteiger partial charge in [-0.25, -0.2) is 13.6 Å². The van der Waals surface area contributed by atoms with Gasteiger partial charge in [0.05, 0.1) is 29.8 Å². The number of nitrogens with zero attached hydrogens (tertiary/aromatic N) is 6. The first-order valence-electron chi connectivity index (χ1n) is 16.3. The second-order valence-corrected chi connectivity index (χ2v) is 15.1. The van der Waals surface area contributed by atoms with Gasteiger partial charge in [-0.1, -0.05) is 23.7 Å². The number of hydrogen-bond donors (Lipinski definition) is 2. The molecular weight excluding hydrogens is 655 g/mol. The van der Waals surface area contributed by atoms with Gasteiger partial charge in [-0.15, -0.1) is 0 Å². The predicted octanol–water partition coefficient (Wildman–Crippen LogP) is 5.66. The number of carbonyl (C=O) groups excluding carboxylic acids is 1. The van der Waals surface area contributed by atoms with Crippen LogP contribution in [0.1, 0.15) is 33.6 Å². The number of anilines is 6. The van der Waals surface area contributed by atoms with E-state index in [-0.39, 0.29) is 17.7 Å². The highest BCUT2D eigenvalue weighted by atomic mass is 35.5. The molecule has 0 spiro atoms. The minimum atomic E-state index is -1.22. The normalized spacial score (nSPS) is 17.2. The Labute approximate surface area is 290 Å². The molecule has 1 unspecified atom stereocenters. The fourth-order valence-electron chi connectivity index (χ4n) is 6.01. The maximum atomic E-state index is 15.4. The van der Waals surface area contributed by atoms with Crippen molar-refractivity contribution in [3.8, 4) is 0 Å². The Kier molecular flexibility index (Phi) is 11.8. The number of esters is 1. The first-order valence-corrected chi connectivity index (χ1v) is 18.2. The average Bonchev–Trinajstić information content (AvgIpc) is 3.03. The maximum Gasteiger partial charge on any atom is 0.320 e. The molecule has 14 heteroatoms. The third kappa shape index (κ3) is 9.77. The van der Waals surface area contributed by atoms with Gasteiger partial charge in [0.25, 0.3) is 0 Å². The molecule has 1 aromatic heterocycles. The van der Waals surface area contributed by atoms with E-state index in [1.807, 2.05) is 51.1 Å². The zero-order chi connectivity index (χ0) is 34.4. The lowest BCUT2D eigenvalue weighted by Gasteiger charge is -2.39. The van der Waals surface area contributed by atoms with Crippen LogP contribution < -0.4 is 19.8 Å². The number of rotatable bonds is 11. The summed E-state index contributed by atoms with van der Waals surface area (Å²) in [5.41, 5.74) is 2.05. The van der Waals surface area contributed by atoms with E-state index in [1.54, 1.807) is 23.7 Å². The quantitative estimate of drug-likeness (QED) is 0.244. The SMILES string of the molecule is CN(c1ccccc1Nc1nc(Nc2ccc(N3CCC(CN4CCN(CC(=O)OC(C)(C)C)CC4)CC3)c(F)c2)ncc1Cl)S(C)=O. The highest BCUT2D eigenvalue weighted by Crippen LogP contribution is 2.32. The Hall–Kier alpha value is -3.52. The summed E-state index contributed by atoms with van der Waals surface area (Å²) in [6.07, 6.45) is 5.08. The van der Waals surface area contributed by atoms with Crippen molar-refractivity contribution in [3.05, 3.63) is 59.5 Å². The molecule has 0 saturated carbocycles. The average molecular weight is 701 g/mol. The van der Waals surface area contributed by atoms with Crippen LogP contribution >= 0.6 is 11.6 Å². The Balaban J connectivity index is 1.12. The molecule has 11 nitrogen and oxygen atoms in total. The van der Waals surface area contributed by atoms with Crippen LogP contribution in [0.15, 0.2) is 48.7 Å². The second kappa shape index (κ2) is 15.8. The molecule has 0 amide bonds. The van der Waals surface area contributed by atoms with E-state index in [0.717, 1.165) is 64.3 Å². The first kappa shape index (κ1) is 35.8. The summed E-state index contributed by atoms with van der Waals surface area (Å²) in [6, 6.07) is 12.5. The van der Waals surface area contributed by atoms with E-state index in [1.165, 1.54) is 12.3 Å². The van der Waals surface area contributed by atoms with Crippen molar-refractivity contribution < 1.29 is 18.1 Å². The monoisotopic (exact) mass is 700 g/mol. The molecule has 5 rings (SSSR count). The highest BCUT2D eigenvalue weighted by molar-refractivity contribution is 7.85. The summed E-state index contributed by atoms with van der Waals surface area (Å²) in [4.78, 5) is 27.7. The Morgan fingerprint density at radius 3 is 2.42 bits per heavy atom. The van der Waals surface area contributed by atoms with Crippen LogP contribution in [0, 0.1) is 11.7 Å². The molecule has 2 aromatic carbocycles. The van der Waals surface area contributed by atoms with Crippen LogP contribution in [0.25, 0.3) is 0 Å². The standard InChI is InChI=1S/C34H46ClFN8O3S/c1-34(2,3)47-31(45)23-43-18-16-42(17-19-43)22-24-12-14-44(15-13-24)29-11-10-25(20-27(29)36)38-33-37-21-26(35)32(40-33)39-28-8-6-7-9-30(28)41(4)48(5)46/h6-11,20-21,24H,12-19,22-23H2,1-5H3,(H2,37,38,39,40). The van der Waals surface area contributed by atoms with Crippen molar-refractivity contribution in [1.29, 1.82) is 0 Å². The molecule has 3 aromatic rings. The number of hydrogen-bond acceptors (Lipinski definition) is 10.